The van der Waals surface area contributed by atoms with E-state index in [4.69, 9.17) is 32.1 Å². The number of ether oxygens (including phenoxy) is 1. The van der Waals surface area contributed by atoms with E-state index in [0.717, 1.165) is 0 Å². The topological polar surface area (TPSA) is 94.1 Å². The lowest BCUT2D eigenvalue weighted by Gasteiger charge is -2.11. The average Bonchev–Trinajstić information content (AvgIpc) is 2.74. The highest BCUT2D eigenvalue weighted by Crippen LogP contribution is 2.30. The monoisotopic (exact) mass is 478 g/mol. The van der Waals surface area contributed by atoms with Crippen LogP contribution in [0.4, 0.5) is 0 Å². The molecule has 10 heteroatoms. The van der Waals surface area contributed by atoms with E-state index in [1.807, 2.05) is 0 Å². The van der Waals surface area contributed by atoms with Gasteiger partial charge in [0.2, 0.25) is 0 Å². The van der Waals surface area contributed by atoms with E-state index in [1.54, 1.807) is 24.3 Å². The molecule has 3 aromatic rings. The lowest BCUT2D eigenvalue weighted by molar-refractivity contribution is 0.0955. The lowest BCUT2D eigenvalue weighted by Crippen LogP contribution is -2.18. The summed E-state index contributed by atoms with van der Waals surface area (Å²) in [4.78, 5) is 12.2. The fourth-order valence-corrected chi connectivity index (χ4v) is 3.94. The van der Waals surface area contributed by atoms with Crippen LogP contribution in [0.2, 0.25) is 10.0 Å². The van der Waals surface area contributed by atoms with Gasteiger partial charge < -0.3 is 8.92 Å². The minimum Gasteiger partial charge on any atom is -0.493 e. The number of hydrogen-bond donors (Lipinski definition) is 1. The Morgan fingerprint density at radius 2 is 1.74 bits per heavy atom. The van der Waals surface area contributed by atoms with Gasteiger partial charge in [-0.2, -0.15) is 13.5 Å². The summed E-state index contributed by atoms with van der Waals surface area (Å²) in [5, 5.41) is 4.46. The third-order valence-corrected chi connectivity index (χ3v) is 5.77. The first-order chi connectivity index (χ1) is 14.8. The van der Waals surface area contributed by atoms with Gasteiger partial charge in [-0.15, -0.1) is 0 Å². The van der Waals surface area contributed by atoms with E-state index >= 15 is 0 Å². The van der Waals surface area contributed by atoms with Gasteiger partial charge in [0.05, 0.1) is 23.9 Å². The Bertz CT molecular complexity index is 1230. The maximum absolute atomic E-state index is 12.5. The third kappa shape index (κ3) is 5.75. The van der Waals surface area contributed by atoms with Crippen LogP contribution in [0, 0.1) is 0 Å². The van der Waals surface area contributed by atoms with Crippen LogP contribution in [0.5, 0.6) is 11.5 Å². The zero-order chi connectivity index (χ0) is 22.4. The number of methoxy groups -OCH3 is 1. The second kappa shape index (κ2) is 9.82. The second-order valence-electron chi connectivity index (χ2n) is 6.08. The third-order valence-electron chi connectivity index (χ3n) is 3.97. The number of carbonyl (C=O) groups excluding carboxylic acids is 1. The van der Waals surface area contributed by atoms with Crippen LogP contribution >= 0.6 is 23.2 Å². The number of carbonyl (C=O) groups is 1. The average molecular weight is 479 g/mol. The fourth-order valence-electron chi connectivity index (χ4n) is 2.49. The molecule has 0 bridgehead atoms. The molecule has 0 saturated heterocycles. The Kier molecular flexibility index (Phi) is 7.17. The Morgan fingerprint density at radius 3 is 2.42 bits per heavy atom. The molecular weight excluding hydrogens is 463 g/mol. The van der Waals surface area contributed by atoms with Crippen LogP contribution in [0.3, 0.4) is 0 Å². The first-order valence-electron chi connectivity index (χ1n) is 8.76. The van der Waals surface area contributed by atoms with Crippen molar-refractivity contribution >= 4 is 45.4 Å². The van der Waals surface area contributed by atoms with Crippen LogP contribution < -0.4 is 14.3 Å². The van der Waals surface area contributed by atoms with Gasteiger partial charge in [-0.1, -0.05) is 41.4 Å². The summed E-state index contributed by atoms with van der Waals surface area (Å²) < 4.78 is 35.4. The predicted molar refractivity (Wildman–Crippen MR) is 119 cm³/mol. The first kappa shape index (κ1) is 22.6. The van der Waals surface area contributed by atoms with Gasteiger partial charge in [0, 0.05) is 5.02 Å². The number of halogens is 2. The molecular formula is C21H16Cl2N2O5S. The van der Waals surface area contributed by atoms with Crippen molar-refractivity contribution in [3.8, 4) is 11.5 Å². The summed E-state index contributed by atoms with van der Waals surface area (Å²) >= 11 is 11.8. The molecule has 1 N–H and O–H groups in total. The molecule has 0 fully saturated rings. The molecule has 0 aliphatic carbocycles. The number of benzene rings is 3. The van der Waals surface area contributed by atoms with E-state index in [1.165, 1.54) is 55.8 Å². The van der Waals surface area contributed by atoms with E-state index < -0.39 is 16.0 Å². The van der Waals surface area contributed by atoms with Crippen molar-refractivity contribution in [2.24, 2.45) is 5.10 Å². The summed E-state index contributed by atoms with van der Waals surface area (Å²) in [7, 11) is -2.67. The van der Waals surface area contributed by atoms with Gasteiger partial charge in [-0.25, -0.2) is 5.43 Å². The van der Waals surface area contributed by atoms with E-state index in [-0.39, 0.29) is 27.0 Å². The Morgan fingerprint density at radius 1 is 1.00 bits per heavy atom. The smallest absolute Gasteiger partial charge is 0.339 e. The lowest BCUT2D eigenvalue weighted by atomic mass is 10.2. The quantitative estimate of drug-likeness (QED) is 0.305. The van der Waals surface area contributed by atoms with Gasteiger partial charge in [-0.05, 0) is 54.1 Å². The number of nitrogens with one attached hydrogen (secondary N) is 1. The Hall–Kier alpha value is -3.07. The van der Waals surface area contributed by atoms with Gasteiger partial charge in [0.1, 0.15) is 4.90 Å². The first-order valence-corrected chi connectivity index (χ1v) is 10.9. The summed E-state index contributed by atoms with van der Waals surface area (Å²) in [6, 6.07) is 16.7. The van der Waals surface area contributed by atoms with Crippen molar-refractivity contribution in [2.45, 2.75) is 4.90 Å². The highest BCUT2D eigenvalue weighted by molar-refractivity contribution is 7.87. The van der Waals surface area contributed by atoms with E-state index in [2.05, 4.69) is 10.5 Å². The number of amides is 1. The molecule has 0 atom stereocenters. The molecule has 3 aromatic carbocycles. The van der Waals surface area contributed by atoms with Gasteiger partial charge in [-0.3, -0.25) is 4.79 Å². The largest absolute Gasteiger partial charge is 0.493 e. The van der Waals surface area contributed by atoms with Crippen molar-refractivity contribution in [3.05, 3.63) is 87.9 Å². The summed E-state index contributed by atoms with van der Waals surface area (Å²) in [6.07, 6.45) is 1.32. The highest BCUT2D eigenvalue weighted by Gasteiger charge is 2.19. The maximum Gasteiger partial charge on any atom is 0.339 e. The fraction of sp³-hybridized carbons (Fsp3) is 0.0476. The van der Waals surface area contributed by atoms with Crippen molar-refractivity contribution < 1.29 is 22.1 Å². The van der Waals surface area contributed by atoms with Crippen LogP contribution in [-0.2, 0) is 10.1 Å². The molecule has 31 heavy (non-hydrogen) atoms. The second-order valence-corrected chi connectivity index (χ2v) is 8.47. The number of hydrazone groups is 1. The molecule has 1 amide bonds. The van der Waals surface area contributed by atoms with Crippen LogP contribution in [0.1, 0.15) is 15.9 Å². The Labute approximate surface area is 189 Å². The maximum atomic E-state index is 12.5. The molecule has 7 nitrogen and oxygen atoms in total. The summed E-state index contributed by atoms with van der Waals surface area (Å²) in [6.45, 7) is 0. The summed E-state index contributed by atoms with van der Waals surface area (Å²) in [5.74, 6) is -0.342. The SMILES string of the molecule is COc1ccc(/C=N\NC(=O)c2ccc(Cl)cc2Cl)cc1OS(=O)(=O)c1ccccc1. The highest BCUT2D eigenvalue weighted by atomic mass is 35.5. The van der Waals surface area contributed by atoms with Crippen molar-refractivity contribution in [1.29, 1.82) is 0 Å². The van der Waals surface area contributed by atoms with Gasteiger partial charge in [0.25, 0.3) is 5.91 Å². The summed E-state index contributed by atoms with van der Waals surface area (Å²) in [5.41, 5.74) is 3.01. The van der Waals surface area contributed by atoms with E-state index in [0.29, 0.717) is 10.6 Å². The zero-order valence-corrected chi connectivity index (χ0v) is 18.4. The number of hydrogen-bond acceptors (Lipinski definition) is 6. The molecule has 0 aromatic heterocycles. The molecule has 0 radical (unpaired) electrons. The molecule has 160 valence electrons. The minimum absolute atomic E-state index is 0.00299. The van der Waals surface area contributed by atoms with Crippen LogP contribution in [0.25, 0.3) is 0 Å². The van der Waals surface area contributed by atoms with Crippen molar-refractivity contribution in [1.82, 2.24) is 5.43 Å². The molecule has 0 saturated carbocycles. The molecule has 0 spiro atoms. The molecule has 3 rings (SSSR count). The van der Waals surface area contributed by atoms with Crippen LogP contribution in [-0.4, -0.2) is 27.6 Å². The molecule has 0 unspecified atom stereocenters. The Balaban J connectivity index is 1.78. The van der Waals surface area contributed by atoms with Crippen molar-refractivity contribution in [2.75, 3.05) is 7.11 Å². The van der Waals surface area contributed by atoms with Gasteiger partial charge in [0.15, 0.2) is 11.5 Å². The van der Waals surface area contributed by atoms with E-state index in [9.17, 15) is 13.2 Å². The molecule has 0 aliphatic rings. The van der Waals surface area contributed by atoms with Crippen molar-refractivity contribution in [3.63, 3.8) is 0 Å². The predicted octanol–water partition coefficient (Wildman–Crippen LogP) is 4.53. The minimum atomic E-state index is -4.06. The number of nitrogens with zero attached hydrogens (tertiary/aromatic N) is 1. The number of rotatable bonds is 7. The molecule has 0 aliphatic heterocycles. The molecule has 0 heterocycles. The van der Waals surface area contributed by atoms with Gasteiger partial charge >= 0.3 is 10.1 Å². The zero-order valence-electron chi connectivity index (χ0n) is 16.1. The normalized spacial score (nSPS) is 11.3. The van der Waals surface area contributed by atoms with Crippen LogP contribution in [0.15, 0.2) is 76.7 Å². The standard InChI is InChI=1S/C21H16Cl2N2O5S/c1-29-19-10-7-14(11-20(19)30-31(27,28)16-5-3-2-4-6-16)13-24-25-21(26)17-9-8-15(22)12-18(17)23/h2-13H,1H3,(H,25,26)/b24-13-.